The molecule has 0 bridgehead atoms. The molecular formula is C25H31N3O3. The number of benzene rings is 2. The summed E-state index contributed by atoms with van der Waals surface area (Å²) in [5, 5.41) is 0. The molecular weight excluding hydrogens is 390 g/mol. The standard InChI is InChI=1S/C25H31N3O3/c1-3-31-23-12-8-7-11-22(23)26-13-15-27(16-14-26)25(30)21-17-24(29)28(18-21)19(2)20-9-5-4-6-10-20/h4-12,19,21H,3,13-18H2,1-2H3/t19-,21+/m0/s1. The number of likely N-dealkylation sites (tertiary alicyclic amines) is 1. The van der Waals surface area contributed by atoms with Crippen LogP contribution < -0.4 is 9.64 Å². The number of carbonyl (C=O) groups excluding carboxylic acids is 2. The largest absolute Gasteiger partial charge is 0.492 e. The van der Waals surface area contributed by atoms with E-state index in [1.807, 2.05) is 72.2 Å². The lowest BCUT2D eigenvalue weighted by atomic mass is 10.1. The lowest BCUT2D eigenvalue weighted by Gasteiger charge is -2.37. The van der Waals surface area contributed by atoms with Crippen molar-refractivity contribution in [2.75, 3.05) is 44.2 Å². The minimum Gasteiger partial charge on any atom is -0.492 e. The molecule has 2 aromatic carbocycles. The molecule has 31 heavy (non-hydrogen) atoms. The maximum Gasteiger partial charge on any atom is 0.228 e. The molecule has 6 heteroatoms. The maximum atomic E-state index is 13.2. The molecule has 164 valence electrons. The number of hydrogen-bond donors (Lipinski definition) is 0. The van der Waals surface area contributed by atoms with Gasteiger partial charge in [0.15, 0.2) is 0 Å². The van der Waals surface area contributed by atoms with Crippen LogP contribution in [0.4, 0.5) is 5.69 Å². The molecule has 2 atom stereocenters. The van der Waals surface area contributed by atoms with Gasteiger partial charge in [-0.15, -0.1) is 0 Å². The first-order valence-corrected chi connectivity index (χ1v) is 11.2. The van der Waals surface area contributed by atoms with Gasteiger partial charge in [0.25, 0.3) is 0 Å². The van der Waals surface area contributed by atoms with Gasteiger partial charge < -0.3 is 19.4 Å². The van der Waals surface area contributed by atoms with Gasteiger partial charge in [-0.3, -0.25) is 9.59 Å². The summed E-state index contributed by atoms with van der Waals surface area (Å²) >= 11 is 0. The van der Waals surface area contributed by atoms with E-state index in [2.05, 4.69) is 11.0 Å². The molecule has 0 aromatic heterocycles. The van der Waals surface area contributed by atoms with Crippen LogP contribution in [-0.2, 0) is 9.59 Å². The number of ether oxygens (including phenoxy) is 1. The minimum atomic E-state index is -0.249. The molecule has 0 saturated carbocycles. The van der Waals surface area contributed by atoms with Crippen molar-refractivity contribution in [2.24, 2.45) is 5.92 Å². The average molecular weight is 422 g/mol. The second kappa shape index (κ2) is 9.41. The summed E-state index contributed by atoms with van der Waals surface area (Å²) in [6.45, 7) is 8.01. The molecule has 0 spiro atoms. The van der Waals surface area contributed by atoms with Gasteiger partial charge in [0.05, 0.1) is 24.3 Å². The van der Waals surface area contributed by atoms with Gasteiger partial charge in [-0.2, -0.15) is 0 Å². The summed E-state index contributed by atoms with van der Waals surface area (Å²) in [7, 11) is 0. The molecule has 2 aliphatic heterocycles. The number of piperazine rings is 1. The number of carbonyl (C=O) groups is 2. The molecule has 2 fully saturated rings. The third kappa shape index (κ3) is 4.53. The number of nitrogens with zero attached hydrogens (tertiary/aromatic N) is 3. The van der Waals surface area contributed by atoms with E-state index in [9.17, 15) is 9.59 Å². The van der Waals surface area contributed by atoms with Crippen LogP contribution in [0.15, 0.2) is 54.6 Å². The topological polar surface area (TPSA) is 53.1 Å². The molecule has 0 aliphatic carbocycles. The van der Waals surface area contributed by atoms with Crippen molar-refractivity contribution in [2.45, 2.75) is 26.3 Å². The summed E-state index contributed by atoms with van der Waals surface area (Å²) in [5.41, 5.74) is 2.18. The van der Waals surface area contributed by atoms with Crippen molar-refractivity contribution in [3.63, 3.8) is 0 Å². The summed E-state index contributed by atoms with van der Waals surface area (Å²) < 4.78 is 5.76. The SMILES string of the molecule is CCOc1ccccc1N1CCN(C(=O)[C@@H]2CC(=O)N([C@@H](C)c3ccccc3)C2)CC1. The molecule has 0 unspecified atom stereocenters. The predicted molar refractivity (Wildman–Crippen MR) is 121 cm³/mol. The van der Waals surface area contributed by atoms with E-state index < -0.39 is 0 Å². The molecule has 6 nitrogen and oxygen atoms in total. The fourth-order valence-corrected chi connectivity index (χ4v) is 4.60. The van der Waals surface area contributed by atoms with E-state index in [0.717, 1.165) is 30.1 Å². The third-order valence-corrected chi connectivity index (χ3v) is 6.35. The zero-order chi connectivity index (χ0) is 21.8. The fraction of sp³-hybridized carbons (Fsp3) is 0.440. The van der Waals surface area contributed by atoms with Crippen molar-refractivity contribution < 1.29 is 14.3 Å². The Hall–Kier alpha value is -3.02. The van der Waals surface area contributed by atoms with Gasteiger partial charge >= 0.3 is 0 Å². The molecule has 2 aromatic rings. The van der Waals surface area contributed by atoms with Crippen molar-refractivity contribution in [1.29, 1.82) is 0 Å². The van der Waals surface area contributed by atoms with Crippen LogP contribution in [0, 0.1) is 5.92 Å². The van der Waals surface area contributed by atoms with Crippen LogP contribution in [0.25, 0.3) is 0 Å². The molecule has 0 radical (unpaired) electrons. The van der Waals surface area contributed by atoms with E-state index in [4.69, 9.17) is 4.74 Å². The van der Waals surface area contributed by atoms with E-state index >= 15 is 0 Å². The van der Waals surface area contributed by atoms with Crippen molar-refractivity contribution in [3.05, 3.63) is 60.2 Å². The Morgan fingerprint density at radius 3 is 2.42 bits per heavy atom. The Kier molecular flexibility index (Phi) is 6.44. The number of rotatable bonds is 6. The summed E-state index contributed by atoms with van der Waals surface area (Å²) in [6.07, 6.45) is 0.309. The van der Waals surface area contributed by atoms with Gasteiger partial charge in [-0.05, 0) is 31.5 Å². The fourth-order valence-electron chi connectivity index (χ4n) is 4.60. The average Bonchev–Trinajstić information content (AvgIpc) is 3.21. The number of hydrogen-bond acceptors (Lipinski definition) is 4. The van der Waals surface area contributed by atoms with Crippen molar-refractivity contribution in [3.8, 4) is 5.75 Å². The second-order valence-electron chi connectivity index (χ2n) is 8.25. The summed E-state index contributed by atoms with van der Waals surface area (Å²) in [6, 6.07) is 18.0. The first-order valence-electron chi connectivity index (χ1n) is 11.2. The zero-order valence-electron chi connectivity index (χ0n) is 18.4. The van der Waals surface area contributed by atoms with Crippen LogP contribution in [0.2, 0.25) is 0 Å². The first-order chi connectivity index (χ1) is 15.1. The van der Waals surface area contributed by atoms with Crippen molar-refractivity contribution in [1.82, 2.24) is 9.80 Å². The van der Waals surface area contributed by atoms with E-state index in [1.165, 1.54) is 0 Å². The van der Waals surface area contributed by atoms with Gasteiger partial charge in [-0.25, -0.2) is 0 Å². The lowest BCUT2D eigenvalue weighted by molar-refractivity contribution is -0.136. The van der Waals surface area contributed by atoms with Gasteiger partial charge in [0.1, 0.15) is 5.75 Å². The molecule has 0 N–H and O–H groups in total. The number of anilines is 1. The maximum absolute atomic E-state index is 13.2. The quantitative estimate of drug-likeness (QED) is 0.718. The molecule has 2 saturated heterocycles. The van der Waals surface area contributed by atoms with Crippen LogP contribution >= 0.6 is 0 Å². The second-order valence-corrected chi connectivity index (χ2v) is 8.25. The van der Waals surface area contributed by atoms with E-state index in [0.29, 0.717) is 32.7 Å². The molecule has 4 rings (SSSR count). The van der Waals surface area contributed by atoms with Gasteiger partial charge in [-0.1, -0.05) is 42.5 Å². The normalized spacial score (nSPS) is 20.1. The summed E-state index contributed by atoms with van der Waals surface area (Å²) in [4.78, 5) is 31.9. The van der Waals surface area contributed by atoms with Gasteiger partial charge in [0.2, 0.25) is 11.8 Å². The summed E-state index contributed by atoms with van der Waals surface area (Å²) in [5.74, 6) is 0.811. The molecule has 2 amide bonds. The number of para-hydroxylation sites is 2. The number of amides is 2. The van der Waals surface area contributed by atoms with Crippen LogP contribution in [0.5, 0.6) is 5.75 Å². The predicted octanol–water partition coefficient (Wildman–Crippen LogP) is 3.34. The van der Waals surface area contributed by atoms with E-state index in [1.54, 1.807) is 0 Å². The monoisotopic (exact) mass is 421 g/mol. The highest BCUT2D eigenvalue weighted by atomic mass is 16.5. The lowest BCUT2D eigenvalue weighted by Crippen LogP contribution is -2.50. The first kappa shape index (κ1) is 21.2. The third-order valence-electron chi connectivity index (χ3n) is 6.35. The highest BCUT2D eigenvalue weighted by Gasteiger charge is 2.39. The van der Waals surface area contributed by atoms with Crippen molar-refractivity contribution >= 4 is 17.5 Å². The smallest absolute Gasteiger partial charge is 0.228 e. The Morgan fingerprint density at radius 2 is 1.71 bits per heavy atom. The van der Waals surface area contributed by atoms with E-state index in [-0.39, 0.29) is 23.8 Å². The van der Waals surface area contributed by atoms with Crippen LogP contribution in [0.3, 0.4) is 0 Å². The Labute approximate surface area is 184 Å². The Morgan fingerprint density at radius 1 is 1.03 bits per heavy atom. The van der Waals surface area contributed by atoms with Crippen LogP contribution in [0.1, 0.15) is 31.9 Å². The highest BCUT2D eigenvalue weighted by Crippen LogP contribution is 2.31. The molecule has 2 aliphatic rings. The highest BCUT2D eigenvalue weighted by molar-refractivity contribution is 5.89. The van der Waals surface area contributed by atoms with Crippen LogP contribution in [-0.4, -0.2) is 60.9 Å². The van der Waals surface area contributed by atoms with Gasteiger partial charge in [0, 0.05) is 39.1 Å². The zero-order valence-corrected chi connectivity index (χ0v) is 18.4. The Balaban J connectivity index is 1.36. The molecule has 2 heterocycles. The Bertz CT molecular complexity index is 909. The minimum absolute atomic E-state index is 0.0154.